The number of allylic oxidation sites excluding steroid dienone is 1. The molecule has 4 aliphatic carbocycles. The molecule has 0 heterocycles. The number of ketones is 2. The van der Waals surface area contributed by atoms with Gasteiger partial charge in [-0.15, -0.1) is 0 Å². The molecule has 132 valence electrons. The fourth-order valence-electron chi connectivity index (χ4n) is 7.15. The number of fused-ring (bicyclic) bond motifs is 5. The van der Waals surface area contributed by atoms with Crippen LogP contribution in [-0.2, 0) is 9.59 Å². The lowest BCUT2D eigenvalue weighted by molar-refractivity contribution is -0.160. The predicted molar refractivity (Wildman–Crippen MR) is 92.3 cm³/mol. The highest BCUT2D eigenvalue weighted by Gasteiger charge is 2.65. The molecule has 0 aromatic heterocycles. The quantitative estimate of drug-likeness (QED) is 0.795. The maximum atomic E-state index is 12.2. The minimum Gasteiger partial charge on any atom is -0.382 e. The maximum absolute atomic E-state index is 12.2. The van der Waals surface area contributed by atoms with E-state index in [-0.39, 0.29) is 16.6 Å². The highest BCUT2D eigenvalue weighted by molar-refractivity contribution is 5.91. The van der Waals surface area contributed by atoms with Gasteiger partial charge in [0, 0.05) is 11.8 Å². The molecular formula is C21H30O3. The molecule has 0 spiro atoms. The smallest absolute Gasteiger partial charge is 0.161 e. The summed E-state index contributed by atoms with van der Waals surface area (Å²) in [6.45, 7) is 6.10. The standard InChI is InChI=1S/C21H30O3/c1-13(22)21(24)11-8-18-16-5-4-14-12-15(23)6-9-19(14,2)17(16)7-10-20(18,21)3/h12,16-18,24H,4-11H2,1-3H3/t16-,17-,18-,19+,20+,21+/m1/s1. The molecule has 1 N–H and O–H groups in total. The van der Waals surface area contributed by atoms with E-state index in [4.69, 9.17) is 0 Å². The summed E-state index contributed by atoms with van der Waals surface area (Å²) in [7, 11) is 0. The molecule has 24 heavy (non-hydrogen) atoms. The summed E-state index contributed by atoms with van der Waals surface area (Å²) in [6.07, 6.45) is 9.37. The molecular weight excluding hydrogens is 300 g/mol. The maximum Gasteiger partial charge on any atom is 0.161 e. The van der Waals surface area contributed by atoms with Gasteiger partial charge in [-0.2, -0.15) is 0 Å². The third-order valence-corrected chi connectivity index (χ3v) is 8.70. The molecule has 0 radical (unpaired) electrons. The zero-order valence-electron chi connectivity index (χ0n) is 15.2. The Morgan fingerprint density at radius 1 is 1.08 bits per heavy atom. The summed E-state index contributed by atoms with van der Waals surface area (Å²) in [4.78, 5) is 24.1. The van der Waals surface area contributed by atoms with Gasteiger partial charge >= 0.3 is 0 Å². The molecule has 4 aliphatic rings. The number of carbonyl (C=O) groups is 2. The third kappa shape index (κ3) is 1.88. The van der Waals surface area contributed by atoms with Crippen LogP contribution >= 0.6 is 0 Å². The lowest BCUT2D eigenvalue weighted by Crippen LogP contribution is -2.57. The molecule has 0 saturated heterocycles. The first kappa shape index (κ1) is 16.5. The van der Waals surface area contributed by atoms with Crippen molar-refractivity contribution in [2.75, 3.05) is 0 Å². The van der Waals surface area contributed by atoms with Crippen LogP contribution in [0, 0.1) is 28.6 Å². The average Bonchev–Trinajstić information content (AvgIpc) is 2.81. The number of Topliss-reactive ketones (excluding diaryl/α,β-unsaturated/α-hetero) is 1. The van der Waals surface area contributed by atoms with E-state index in [9.17, 15) is 14.7 Å². The summed E-state index contributed by atoms with van der Waals surface area (Å²) in [5, 5.41) is 11.1. The number of hydrogen-bond donors (Lipinski definition) is 1. The van der Waals surface area contributed by atoms with Crippen molar-refractivity contribution in [1.82, 2.24) is 0 Å². The van der Waals surface area contributed by atoms with Gasteiger partial charge in [0.15, 0.2) is 11.6 Å². The third-order valence-electron chi connectivity index (χ3n) is 8.70. The van der Waals surface area contributed by atoms with Gasteiger partial charge < -0.3 is 5.11 Å². The first-order chi connectivity index (χ1) is 11.2. The molecule has 0 aliphatic heterocycles. The molecule has 6 atom stereocenters. The molecule has 0 amide bonds. The zero-order chi connectivity index (χ0) is 17.3. The van der Waals surface area contributed by atoms with E-state index >= 15 is 0 Å². The molecule has 3 fully saturated rings. The van der Waals surface area contributed by atoms with Gasteiger partial charge in [0.2, 0.25) is 0 Å². The molecule has 0 bridgehead atoms. The van der Waals surface area contributed by atoms with Crippen LogP contribution in [-0.4, -0.2) is 22.3 Å². The van der Waals surface area contributed by atoms with Crippen LogP contribution in [0.2, 0.25) is 0 Å². The van der Waals surface area contributed by atoms with Crippen LogP contribution in [0.3, 0.4) is 0 Å². The first-order valence-corrected chi connectivity index (χ1v) is 9.70. The SMILES string of the molecule is CC(=O)[C@@]1(O)CC[C@@H]2[C@@H]3CCC4=CC(=O)CC[C@]4(C)[C@@H]3CC[C@@]21C. The molecule has 0 unspecified atom stereocenters. The van der Waals surface area contributed by atoms with Gasteiger partial charge in [0.1, 0.15) is 5.60 Å². The van der Waals surface area contributed by atoms with Crippen LogP contribution in [0.1, 0.15) is 72.1 Å². The number of aliphatic hydroxyl groups is 1. The van der Waals surface area contributed by atoms with E-state index in [2.05, 4.69) is 13.8 Å². The summed E-state index contributed by atoms with van der Waals surface area (Å²) >= 11 is 0. The van der Waals surface area contributed by atoms with Crippen LogP contribution in [0.25, 0.3) is 0 Å². The summed E-state index contributed by atoms with van der Waals surface area (Å²) in [5.74, 6) is 1.90. The van der Waals surface area contributed by atoms with Crippen molar-refractivity contribution in [3.05, 3.63) is 11.6 Å². The number of carbonyl (C=O) groups excluding carboxylic acids is 2. The molecule has 4 rings (SSSR count). The van der Waals surface area contributed by atoms with Gasteiger partial charge in [0.25, 0.3) is 0 Å². The van der Waals surface area contributed by atoms with E-state index in [0.29, 0.717) is 36.4 Å². The molecule has 3 saturated carbocycles. The highest BCUT2D eigenvalue weighted by Crippen LogP contribution is 2.67. The monoisotopic (exact) mass is 330 g/mol. The minimum absolute atomic E-state index is 0.0446. The fourth-order valence-corrected chi connectivity index (χ4v) is 7.15. The van der Waals surface area contributed by atoms with E-state index in [1.54, 1.807) is 6.92 Å². The van der Waals surface area contributed by atoms with E-state index in [1.807, 2.05) is 6.08 Å². The Labute approximate surface area is 144 Å². The van der Waals surface area contributed by atoms with Crippen molar-refractivity contribution in [1.29, 1.82) is 0 Å². The van der Waals surface area contributed by atoms with Gasteiger partial charge in [0.05, 0.1) is 0 Å². The first-order valence-electron chi connectivity index (χ1n) is 9.70. The molecule has 0 aromatic carbocycles. The largest absolute Gasteiger partial charge is 0.382 e. The molecule has 0 aromatic rings. The second kappa shape index (κ2) is 5.03. The summed E-state index contributed by atoms with van der Waals surface area (Å²) < 4.78 is 0. The van der Waals surface area contributed by atoms with Gasteiger partial charge in [-0.05, 0) is 81.1 Å². The van der Waals surface area contributed by atoms with Crippen LogP contribution < -0.4 is 0 Å². The average molecular weight is 330 g/mol. The normalized spacial score (nSPS) is 50.6. The Balaban J connectivity index is 1.70. The summed E-state index contributed by atoms with van der Waals surface area (Å²) in [6, 6.07) is 0. The summed E-state index contributed by atoms with van der Waals surface area (Å²) in [5.41, 5.74) is 0.155. The van der Waals surface area contributed by atoms with Crippen LogP contribution in [0.5, 0.6) is 0 Å². The van der Waals surface area contributed by atoms with Crippen molar-refractivity contribution in [2.45, 2.75) is 77.7 Å². The minimum atomic E-state index is -1.12. The number of hydrogen-bond acceptors (Lipinski definition) is 3. The van der Waals surface area contributed by atoms with Gasteiger partial charge in [-0.25, -0.2) is 0 Å². The van der Waals surface area contributed by atoms with Gasteiger partial charge in [-0.3, -0.25) is 9.59 Å². The predicted octanol–water partition coefficient (Wildman–Crippen LogP) is 3.84. The van der Waals surface area contributed by atoms with Crippen LogP contribution in [0.15, 0.2) is 11.6 Å². The van der Waals surface area contributed by atoms with Crippen LogP contribution in [0.4, 0.5) is 0 Å². The lowest BCUT2D eigenvalue weighted by Gasteiger charge is -2.58. The topological polar surface area (TPSA) is 54.4 Å². The second-order valence-corrected chi connectivity index (χ2v) is 9.38. The van der Waals surface area contributed by atoms with Crippen molar-refractivity contribution in [3.8, 4) is 0 Å². The Morgan fingerprint density at radius 3 is 2.50 bits per heavy atom. The Kier molecular flexibility index (Phi) is 3.46. The zero-order valence-corrected chi connectivity index (χ0v) is 15.2. The van der Waals surface area contributed by atoms with Crippen molar-refractivity contribution >= 4 is 11.6 Å². The van der Waals surface area contributed by atoms with Crippen molar-refractivity contribution < 1.29 is 14.7 Å². The Bertz CT molecular complexity index is 635. The molecule has 3 heteroatoms. The lowest BCUT2D eigenvalue weighted by atomic mass is 9.46. The Morgan fingerprint density at radius 2 is 1.79 bits per heavy atom. The van der Waals surface area contributed by atoms with E-state index in [1.165, 1.54) is 5.57 Å². The van der Waals surface area contributed by atoms with E-state index in [0.717, 1.165) is 38.5 Å². The highest BCUT2D eigenvalue weighted by atomic mass is 16.3. The van der Waals surface area contributed by atoms with Crippen molar-refractivity contribution in [2.24, 2.45) is 28.6 Å². The second-order valence-electron chi connectivity index (χ2n) is 9.38. The molecule has 3 nitrogen and oxygen atoms in total. The van der Waals surface area contributed by atoms with Gasteiger partial charge in [-0.1, -0.05) is 19.4 Å². The Hall–Kier alpha value is -0.960. The number of rotatable bonds is 1. The fraction of sp³-hybridized carbons (Fsp3) is 0.810. The van der Waals surface area contributed by atoms with Crippen molar-refractivity contribution in [3.63, 3.8) is 0 Å². The van der Waals surface area contributed by atoms with E-state index < -0.39 is 5.60 Å².